The summed E-state index contributed by atoms with van der Waals surface area (Å²) in [4.78, 5) is 25.8. The molecule has 5 nitrogen and oxygen atoms in total. The zero-order valence-electron chi connectivity index (χ0n) is 11.0. The molecule has 1 fully saturated rings. The van der Waals surface area contributed by atoms with Crippen LogP contribution < -0.4 is 0 Å². The fourth-order valence-electron chi connectivity index (χ4n) is 2.20. The van der Waals surface area contributed by atoms with Crippen molar-refractivity contribution in [3.8, 4) is 0 Å². The molecule has 0 aromatic heterocycles. The zero-order valence-corrected chi connectivity index (χ0v) is 12.6. The van der Waals surface area contributed by atoms with E-state index in [0.29, 0.717) is 13.1 Å². The molecule has 2 rings (SSSR count). The Morgan fingerprint density at radius 1 is 1.14 bits per heavy atom. The predicted octanol–water partition coefficient (Wildman–Crippen LogP) is 1.57. The number of hydrogen-bond donors (Lipinski definition) is 1. The lowest BCUT2D eigenvalue weighted by Crippen LogP contribution is -2.50. The molecule has 1 N–H and O–H groups in total. The lowest BCUT2D eigenvalue weighted by atomic mass is 10.1. The standard InChI is InChI=1S/C13H13BrF2N2O3/c14-8-5-9(15)12(10(16)6-8)13(21)18-3-1-17(2-4-18)7-11(19)20/h5-6H,1-4,7H2,(H,19,20). The number of aliphatic carboxylic acids is 1. The molecule has 8 heteroatoms. The number of carboxylic acids is 1. The molecule has 1 heterocycles. The monoisotopic (exact) mass is 362 g/mol. The van der Waals surface area contributed by atoms with Gasteiger partial charge in [-0.15, -0.1) is 0 Å². The summed E-state index contributed by atoms with van der Waals surface area (Å²) < 4.78 is 27.7. The Balaban J connectivity index is 2.07. The fraction of sp³-hybridized carbons (Fsp3) is 0.385. The van der Waals surface area contributed by atoms with Gasteiger partial charge >= 0.3 is 5.97 Å². The molecule has 0 radical (unpaired) electrons. The summed E-state index contributed by atoms with van der Waals surface area (Å²) in [6.45, 7) is 1.08. The third kappa shape index (κ3) is 3.76. The largest absolute Gasteiger partial charge is 0.480 e. The second-order valence-electron chi connectivity index (χ2n) is 4.71. The van der Waals surface area contributed by atoms with Crippen molar-refractivity contribution in [2.45, 2.75) is 0 Å². The Kier molecular flexibility index (Phi) is 4.89. The van der Waals surface area contributed by atoms with Gasteiger partial charge in [-0.1, -0.05) is 15.9 Å². The highest BCUT2D eigenvalue weighted by atomic mass is 79.9. The molecule has 1 aromatic rings. The summed E-state index contributed by atoms with van der Waals surface area (Å²) in [5, 5.41) is 8.69. The number of halogens is 3. The van der Waals surface area contributed by atoms with E-state index in [1.807, 2.05) is 0 Å². The maximum Gasteiger partial charge on any atom is 0.317 e. The first-order chi connectivity index (χ1) is 9.88. The minimum atomic E-state index is -0.945. The number of rotatable bonds is 3. The maximum atomic E-state index is 13.8. The molecule has 1 amide bonds. The second kappa shape index (κ2) is 6.48. The predicted molar refractivity (Wildman–Crippen MR) is 74.0 cm³/mol. The zero-order chi connectivity index (χ0) is 15.6. The molecule has 0 spiro atoms. The van der Waals surface area contributed by atoms with E-state index in [4.69, 9.17) is 5.11 Å². The van der Waals surface area contributed by atoms with Gasteiger partial charge in [-0.25, -0.2) is 8.78 Å². The summed E-state index contributed by atoms with van der Waals surface area (Å²) in [5.41, 5.74) is -0.579. The number of carbonyl (C=O) groups excluding carboxylic acids is 1. The molecule has 1 aromatic carbocycles. The molecule has 1 aliphatic rings. The average molecular weight is 363 g/mol. The van der Waals surface area contributed by atoms with Crippen LogP contribution in [0.2, 0.25) is 0 Å². The number of piperazine rings is 1. The smallest absolute Gasteiger partial charge is 0.317 e. The van der Waals surface area contributed by atoms with Crippen LogP contribution in [-0.2, 0) is 4.79 Å². The number of hydrogen-bond acceptors (Lipinski definition) is 3. The second-order valence-corrected chi connectivity index (χ2v) is 5.62. The molecule has 0 bridgehead atoms. The van der Waals surface area contributed by atoms with Gasteiger partial charge in [0.15, 0.2) is 0 Å². The molecule has 21 heavy (non-hydrogen) atoms. The van der Waals surface area contributed by atoms with Crippen molar-refractivity contribution in [1.82, 2.24) is 9.80 Å². The molecule has 1 aliphatic heterocycles. The topological polar surface area (TPSA) is 60.9 Å². The third-order valence-corrected chi connectivity index (χ3v) is 3.70. The molecular formula is C13H13BrF2N2O3. The molecular weight excluding hydrogens is 350 g/mol. The molecule has 1 saturated heterocycles. The lowest BCUT2D eigenvalue weighted by Gasteiger charge is -2.33. The van der Waals surface area contributed by atoms with Crippen molar-refractivity contribution in [1.29, 1.82) is 0 Å². The van der Waals surface area contributed by atoms with Crippen molar-refractivity contribution < 1.29 is 23.5 Å². The summed E-state index contributed by atoms with van der Waals surface area (Å²) in [6, 6.07) is 2.08. The van der Waals surface area contributed by atoms with E-state index >= 15 is 0 Å². The maximum absolute atomic E-state index is 13.8. The van der Waals surface area contributed by atoms with Crippen LogP contribution in [0, 0.1) is 11.6 Å². The van der Waals surface area contributed by atoms with E-state index in [9.17, 15) is 18.4 Å². The fourth-order valence-corrected chi connectivity index (χ4v) is 2.61. The van der Waals surface area contributed by atoms with Crippen molar-refractivity contribution in [3.05, 3.63) is 33.8 Å². The van der Waals surface area contributed by atoms with Crippen LogP contribution in [0.4, 0.5) is 8.78 Å². The van der Waals surface area contributed by atoms with E-state index in [2.05, 4.69) is 15.9 Å². The van der Waals surface area contributed by atoms with Gasteiger partial charge in [0.05, 0.1) is 6.54 Å². The normalized spacial score (nSPS) is 16.0. The highest BCUT2D eigenvalue weighted by Gasteiger charge is 2.27. The first-order valence-electron chi connectivity index (χ1n) is 6.26. The summed E-state index contributed by atoms with van der Waals surface area (Å²) in [6.07, 6.45) is 0. The highest BCUT2D eigenvalue weighted by molar-refractivity contribution is 9.10. The van der Waals surface area contributed by atoms with Gasteiger partial charge in [0.25, 0.3) is 5.91 Å². The minimum absolute atomic E-state index is 0.108. The molecule has 0 aliphatic carbocycles. The van der Waals surface area contributed by atoms with Crippen LogP contribution >= 0.6 is 15.9 Å². The Labute approximate surface area is 128 Å². The van der Waals surface area contributed by atoms with Gasteiger partial charge in [-0.2, -0.15) is 0 Å². The van der Waals surface area contributed by atoms with Crippen LogP contribution in [0.25, 0.3) is 0 Å². The van der Waals surface area contributed by atoms with Crippen molar-refractivity contribution in [2.24, 2.45) is 0 Å². The number of benzene rings is 1. The number of nitrogens with zero attached hydrogens (tertiary/aromatic N) is 2. The van der Waals surface area contributed by atoms with E-state index in [1.54, 1.807) is 4.90 Å². The van der Waals surface area contributed by atoms with E-state index in [0.717, 1.165) is 12.1 Å². The van der Waals surface area contributed by atoms with Crippen LogP contribution in [0.3, 0.4) is 0 Å². The number of carboxylic acid groups (broad SMARTS) is 1. The van der Waals surface area contributed by atoms with E-state index < -0.39 is 29.1 Å². The Morgan fingerprint density at radius 2 is 1.67 bits per heavy atom. The average Bonchev–Trinajstić information content (AvgIpc) is 2.37. The Morgan fingerprint density at radius 3 is 2.14 bits per heavy atom. The van der Waals surface area contributed by atoms with Crippen LogP contribution in [-0.4, -0.2) is 59.5 Å². The minimum Gasteiger partial charge on any atom is -0.480 e. The van der Waals surface area contributed by atoms with Crippen LogP contribution in [0.15, 0.2) is 16.6 Å². The summed E-state index contributed by atoms with van der Waals surface area (Å²) >= 11 is 2.96. The summed E-state index contributed by atoms with van der Waals surface area (Å²) in [7, 11) is 0. The van der Waals surface area contributed by atoms with Crippen molar-refractivity contribution in [3.63, 3.8) is 0 Å². The van der Waals surface area contributed by atoms with E-state index in [-0.39, 0.29) is 24.1 Å². The van der Waals surface area contributed by atoms with Gasteiger partial charge < -0.3 is 10.0 Å². The van der Waals surface area contributed by atoms with Crippen LogP contribution in [0.5, 0.6) is 0 Å². The molecule has 0 atom stereocenters. The Bertz CT molecular complexity index is 552. The lowest BCUT2D eigenvalue weighted by molar-refractivity contribution is -0.138. The SMILES string of the molecule is O=C(O)CN1CCN(C(=O)c2c(F)cc(Br)cc2F)CC1. The van der Waals surface area contributed by atoms with Crippen molar-refractivity contribution >= 4 is 27.8 Å². The van der Waals surface area contributed by atoms with Crippen molar-refractivity contribution in [2.75, 3.05) is 32.7 Å². The first-order valence-corrected chi connectivity index (χ1v) is 7.05. The van der Waals surface area contributed by atoms with E-state index in [1.165, 1.54) is 4.90 Å². The van der Waals surface area contributed by atoms with Gasteiger partial charge in [-0.3, -0.25) is 14.5 Å². The van der Waals surface area contributed by atoms with Gasteiger partial charge in [-0.05, 0) is 12.1 Å². The number of carbonyl (C=O) groups is 2. The quantitative estimate of drug-likeness (QED) is 0.886. The first kappa shape index (κ1) is 15.8. The van der Waals surface area contributed by atoms with Gasteiger partial charge in [0.1, 0.15) is 17.2 Å². The molecule has 0 saturated carbocycles. The highest BCUT2D eigenvalue weighted by Crippen LogP contribution is 2.21. The molecule has 0 unspecified atom stereocenters. The summed E-state index contributed by atoms with van der Waals surface area (Å²) in [5.74, 6) is -3.49. The third-order valence-electron chi connectivity index (χ3n) is 3.24. The van der Waals surface area contributed by atoms with Gasteiger partial charge in [0.2, 0.25) is 0 Å². The number of amides is 1. The Hall–Kier alpha value is -1.54. The van der Waals surface area contributed by atoms with Crippen LogP contribution in [0.1, 0.15) is 10.4 Å². The van der Waals surface area contributed by atoms with Gasteiger partial charge in [0, 0.05) is 30.7 Å². The molecule has 114 valence electrons.